The van der Waals surface area contributed by atoms with Gasteiger partial charge in [-0.25, -0.2) is 4.98 Å². The number of thioether (sulfide) groups is 1. The molecule has 3 rings (SSSR count). The van der Waals surface area contributed by atoms with Gasteiger partial charge in [-0.1, -0.05) is 23.7 Å². The summed E-state index contributed by atoms with van der Waals surface area (Å²) in [6.07, 6.45) is -1.12. The largest absolute Gasteiger partial charge is 0.476 e. The molecular formula is C22H22ClNO7S. The predicted molar refractivity (Wildman–Crippen MR) is 118 cm³/mol. The fourth-order valence-corrected chi connectivity index (χ4v) is 4.57. The molecule has 1 saturated heterocycles. The first-order valence-electron chi connectivity index (χ1n) is 9.75. The molecule has 0 radical (unpaired) electrons. The summed E-state index contributed by atoms with van der Waals surface area (Å²) in [5.74, 6) is -0.892. The van der Waals surface area contributed by atoms with Crippen LogP contribution in [0.5, 0.6) is 5.75 Å². The maximum absolute atomic E-state index is 11.8. The van der Waals surface area contributed by atoms with Crippen molar-refractivity contribution < 1.29 is 33.3 Å². The summed E-state index contributed by atoms with van der Waals surface area (Å²) in [7, 11) is 0. The van der Waals surface area contributed by atoms with E-state index < -0.39 is 41.7 Å². The van der Waals surface area contributed by atoms with Gasteiger partial charge in [-0.2, -0.15) is 0 Å². The van der Waals surface area contributed by atoms with Gasteiger partial charge < -0.3 is 18.9 Å². The zero-order chi connectivity index (χ0) is 23.3. The summed E-state index contributed by atoms with van der Waals surface area (Å²) in [4.78, 5) is 39.1. The molecule has 10 heteroatoms. The van der Waals surface area contributed by atoms with Crippen LogP contribution in [0.2, 0.25) is 5.15 Å². The normalized spacial score (nSPS) is 22.5. The molecule has 1 fully saturated rings. The number of carbonyl (C=O) groups excluding carboxylic acids is 3. The van der Waals surface area contributed by atoms with Crippen LogP contribution in [0.1, 0.15) is 20.8 Å². The number of nitrogens with zero attached hydrogens (tertiary/aromatic N) is 1. The summed E-state index contributed by atoms with van der Waals surface area (Å²) in [6, 6.07) is 10.8. The standard InChI is InChI=1S/C22H22ClNO7S/c1-12(25)28-18-11-32-22(21(30-14(3)27)20(18)29-13(2)26)31-17-6-4-5-15(9-17)16-7-8-19(23)24-10-16/h4-10,18,20-22H,11H2,1-3H3/t18-,20+,21-,22+/m1/s1. The smallest absolute Gasteiger partial charge is 0.303 e. The molecule has 0 N–H and O–H groups in total. The Bertz CT molecular complexity index is 984. The molecule has 0 aliphatic carbocycles. The lowest BCUT2D eigenvalue weighted by Gasteiger charge is -2.39. The second-order valence-corrected chi connectivity index (χ2v) is 8.53. The summed E-state index contributed by atoms with van der Waals surface area (Å²) in [6.45, 7) is 3.74. The van der Waals surface area contributed by atoms with E-state index in [0.717, 1.165) is 11.1 Å². The third-order valence-electron chi connectivity index (χ3n) is 4.45. The van der Waals surface area contributed by atoms with Gasteiger partial charge in [0.25, 0.3) is 0 Å². The van der Waals surface area contributed by atoms with Crippen LogP contribution in [0.15, 0.2) is 42.6 Å². The van der Waals surface area contributed by atoms with Crippen LogP contribution in [-0.2, 0) is 28.6 Å². The first kappa shape index (κ1) is 23.9. The molecule has 0 bridgehead atoms. The molecule has 1 aliphatic heterocycles. The molecule has 0 amide bonds. The Hall–Kier alpha value is -2.78. The monoisotopic (exact) mass is 479 g/mol. The minimum atomic E-state index is -1.00. The molecule has 1 aromatic heterocycles. The van der Waals surface area contributed by atoms with Crippen molar-refractivity contribution in [1.29, 1.82) is 0 Å². The average molecular weight is 480 g/mol. The maximum atomic E-state index is 11.8. The number of rotatable bonds is 6. The van der Waals surface area contributed by atoms with Crippen LogP contribution in [0.4, 0.5) is 0 Å². The number of carbonyl (C=O) groups is 3. The molecule has 0 spiro atoms. The molecule has 1 aliphatic rings. The van der Waals surface area contributed by atoms with Crippen molar-refractivity contribution in [2.45, 2.75) is 44.5 Å². The molecule has 2 heterocycles. The van der Waals surface area contributed by atoms with Crippen molar-refractivity contribution in [1.82, 2.24) is 4.98 Å². The van der Waals surface area contributed by atoms with Crippen LogP contribution >= 0.6 is 23.4 Å². The van der Waals surface area contributed by atoms with Crippen molar-refractivity contribution in [2.24, 2.45) is 0 Å². The summed E-state index contributed by atoms with van der Waals surface area (Å²) in [5.41, 5.74) is 1.000. The molecule has 170 valence electrons. The van der Waals surface area contributed by atoms with Gasteiger partial charge in [0.05, 0.1) is 0 Å². The first-order valence-corrected chi connectivity index (χ1v) is 11.2. The van der Waals surface area contributed by atoms with Gasteiger partial charge >= 0.3 is 17.9 Å². The Kier molecular flexibility index (Phi) is 7.98. The van der Waals surface area contributed by atoms with Crippen molar-refractivity contribution >= 4 is 41.3 Å². The molecule has 32 heavy (non-hydrogen) atoms. The molecule has 0 unspecified atom stereocenters. The van der Waals surface area contributed by atoms with E-state index in [1.165, 1.54) is 32.5 Å². The lowest BCUT2D eigenvalue weighted by molar-refractivity contribution is -0.186. The van der Waals surface area contributed by atoms with Gasteiger partial charge in [-0.15, -0.1) is 11.8 Å². The summed E-state index contributed by atoms with van der Waals surface area (Å²) >= 11 is 7.16. The van der Waals surface area contributed by atoms with E-state index in [9.17, 15) is 14.4 Å². The highest BCUT2D eigenvalue weighted by atomic mass is 35.5. The molecule has 0 saturated carbocycles. The number of ether oxygens (including phenoxy) is 4. The lowest BCUT2D eigenvalue weighted by Crippen LogP contribution is -2.55. The zero-order valence-electron chi connectivity index (χ0n) is 17.6. The number of halogens is 1. The molecular weight excluding hydrogens is 458 g/mol. The first-order chi connectivity index (χ1) is 15.2. The van der Waals surface area contributed by atoms with Crippen LogP contribution < -0.4 is 4.74 Å². The second-order valence-electron chi connectivity index (χ2n) is 7.01. The second kappa shape index (κ2) is 10.7. The van der Waals surface area contributed by atoms with Crippen molar-refractivity contribution in [3.63, 3.8) is 0 Å². The van der Waals surface area contributed by atoms with Gasteiger partial charge in [-0.05, 0) is 29.8 Å². The van der Waals surface area contributed by atoms with Crippen LogP contribution in [-0.4, -0.2) is 52.4 Å². The van der Waals surface area contributed by atoms with Crippen LogP contribution in [0, 0.1) is 0 Å². The quantitative estimate of drug-likeness (QED) is 0.349. The third kappa shape index (κ3) is 6.37. The minimum absolute atomic E-state index is 0.292. The third-order valence-corrected chi connectivity index (χ3v) is 5.89. The highest BCUT2D eigenvalue weighted by molar-refractivity contribution is 7.99. The number of hydrogen-bond donors (Lipinski definition) is 0. The topological polar surface area (TPSA) is 101 Å². The molecule has 2 aromatic rings. The van der Waals surface area contributed by atoms with E-state index in [1.807, 2.05) is 24.3 Å². The molecule has 4 atom stereocenters. The van der Waals surface area contributed by atoms with E-state index in [1.54, 1.807) is 18.3 Å². The van der Waals surface area contributed by atoms with E-state index in [-0.39, 0.29) is 0 Å². The summed E-state index contributed by atoms with van der Waals surface area (Å²) < 4.78 is 22.3. The van der Waals surface area contributed by atoms with Gasteiger partial charge in [0, 0.05) is 38.3 Å². The Morgan fingerprint density at radius 3 is 2.25 bits per heavy atom. The average Bonchev–Trinajstić information content (AvgIpc) is 2.72. The Balaban J connectivity index is 1.86. The SMILES string of the molecule is CC(=O)O[C@@H]1[C@@H](OC(C)=O)[C@@H](Oc2cccc(-c3ccc(Cl)nc3)c2)SC[C@H]1OC(C)=O. The van der Waals surface area contributed by atoms with E-state index in [2.05, 4.69) is 4.98 Å². The highest BCUT2D eigenvalue weighted by Gasteiger charge is 2.47. The molecule has 1 aromatic carbocycles. The van der Waals surface area contributed by atoms with Crippen LogP contribution in [0.3, 0.4) is 0 Å². The van der Waals surface area contributed by atoms with Crippen molar-refractivity contribution in [2.75, 3.05) is 5.75 Å². The van der Waals surface area contributed by atoms with Crippen molar-refractivity contribution in [3.05, 3.63) is 47.7 Å². The predicted octanol–water partition coefficient (Wildman–Crippen LogP) is 3.65. The molecule has 8 nitrogen and oxygen atoms in total. The number of aromatic nitrogens is 1. The van der Waals surface area contributed by atoms with Gasteiger partial charge in [0.1, 0.15) is 10.9 Å². The number of esters is 3. The maximum Gasteiger partial charge on any atom is 0.303 e. The number of hydrogen-bond acceptors (Lipinski definition) is 9. The van der Waals surface area contributed by atoms with E-state index in [4.69, 9.17) is 30.5 Å². The highest BCUT2D eigenvalue weighted by Crippen LogP contribution is 2.35. The Morgan fingerprint density at radius 1 is 0.938 bits per heavy atom. The summed E-state index contributed by atoms with van der Waals surface area (Å²) in [5, 5.41) is 0.392. The fraction of sp³-hybridized carbons (Fsp3) is 0.364. The number of pyridine rings is 1. The van der Waals surface area contributed by atoms with Gasteiger partial charge in [-0.3, -0.25) is 14.4 Å². The Morgan fingerprint density at radius 2 is 1.62 bits per heavy atom. The number of benzene rings is 1. The fourth-order valence-electron chi connectivity index (χ4n) is 3.24. The van der Waals surface area contributed by atoms with Crippen molar-refractivity contribution in [3.8, 4) is 16.9 Å². The zero-order valence-corrected chi connectivity index (χ0v) is 19.2. The van der Waals surface area contributed by atoms with E-state index in [0.29, 0.717) is 16.7 Å². The Labute approximate surface area is 194 Å². The van der Waals surface area contributed by atoms with Gasteiger partial charge in [0.15, 0.2) is 23.7 Å². The lowest BCUT2D eigenvalue weighted by atomic mass is 10.1. The minimum Gasteiger partial charge on any atom is -0.476 e. The van der Waals surface area contributed by atoms with E-state index >= 15 is 0 Å². The van der Waals surface area contributed by atoms with Gasteiger partial charge in [0.2, 0.25) is 0 Å². The van der Waals surface area contributed by atoms with Crippen LogP contribution in [0.25, 0.3) is 11.1 Å².